The molecule has 0 aliphatic heterocycles. The van der Waals surface area contributed by atoms with Gasteiger partial charge in [-0.05, 0) is 28.1 Å². The first-order chi connectivity index (χ1) is 7.20. The van der Waals surface area contributed by atoms with E-state index in [1.165, 1.54) is 12.1 Å². The van der Waals surface area contributed by atoms with E-state index in [9.17, 15) is 10.2 Å². The maximum atomic E-state index is 9.71. The third kappa shape index (κ3) is 1.80. The lowest BCUT2D eigenvalue weighted by atomic mass is 10.2. The van der Waals surface area contributed by atoms with Crippen LogP contribution in [0.5, 0.6) is 11.5 Å². The van der Waals surface area contributed by atoms with E-state index >= 15 is 0 Å². The van der Waals surface area contributed by atoms with Gasteiger partial charge in [0.2, 0.25) is 0 Å². The molecule has 1 heterocycles. The molecule has 1 aromatic heterocycles. The van der Waals surface area contributed by atoms with Crippen LogP contribution in [-0.4, -0.2) is 10.2 Å². The van der Waals surface area contributed by atoms with Gasteiger partial charge in [-0.15, -0.1) is 0 Å². The summed E-state index contributed by atoms with van der Waals surface area (Å²) >= 11 is 3.24. The van der Waals surface area contributed by atoms with Gasteiger partial charge in [0.05, 0.1) is 0 Å². The van der Waals surface area contributed by atoms with Crippen molar-refractivity contribution in [3.05, 3.63) is 47.2 Å². The highest BCUT2D eigenvalue weighted by Crippen LogP contribution is 2.33. The highest BCUT2D eigenvalue weighted by molar-refractivity contribution is 9.10. The summed E-state index contributed by atoms with van der Waals surface area (Å²) in [7, 11) is 0. The van der Waals surface area contributed by atoms with Gasteiger partial charge in [-0.25, -0.2) is 0 Å². The van der Waals surface area contributed by atoms with Gasteiger partial charge < -0.3 is 10.2 Å². The third-order valence-corrected chi connectivity index (χ3v) is 2.83. The van der Waals surface area contributed by atoms with Gasteiger partial charge in [-0.3, -0.25) is 0 Å². The molecule has 0 saturated carbocycles. The van der Waals surface area contributed by atoms with Crippen molar-refractivity contribution < 1.29 is 14.8 Å². The lowest BCUT2D eigenvalue weighted by Crippen LogP contribution is -2.29. The van der Waals surface area contributed by atoms with Gasteiger partial charge >= 0.3 is 0 Å². The highest BCUT2D eigenvalue weighted by atomic mass is 79.9. The second-order valence-electron chi connectivity index (χ2n) is 3.05. The number of hydrogen-bond acceptors (Lipinski definition) is 2. The molecule has 2 N–H and O–H groups in total. The molecule has 2 aromatic rings. The summed E-state index contributed by atoms with van der Waals surface area (Å²) in [5.41, 5.74) is 0.524. The molecule has 0 atom stereocenters. The fourth-order valence-electron chi connectivity index (χ4n) is 1.34. The van der Waals surface area contributed by atoms with Crippen molar-refractivity contribution >= 4 is 15.9 Å². The minimum atomic E-state index is 0.0964. The fourth-order valence-corrected chi connectivity index (χ4v) is 1.88. The zero-order valence-electron chi connectivity index (χ0n) is 7.76. The molecule has 15 heavy (non-hydrogen) atoms. The number of phenolic OH excluding ortho intramolecular Hbond substituents is 2. The lowest BCUT2D eigenvalue weighted by molar-refractivity contribution is -0.597. The van der Waals surface area contributed by atoms with E-state index in [1.54, 1.807) is 17.0 Å². The Morgan fingerprint density at radius 2 is 1.53 bits per heavy atom. The van der Waals surface area contributed by atoms with Crippen LogP contribution in [-0.2, 0) is 0 Å². The van der Waals surface area contributed by atoms with E-state index in [4.69, 9.17) is 0 Å². The molecule has 2 rings (SSSR count). The fraction of sp³-hybridized carbons (Fsp3) is 0. The second-order valence-corrected chi connectivity index (χ2v) is 3.84. The summed E-state index contributed by atoms with van der Waals surface area (Å²) in [4.78, 5) is 0. The van der Waals surface area contributed by atoms with Crippen molar-refractivity contribution in [2.24, 2.45) is 0 Å². The monoisotopic (exact) mass is 266 g/mol. The number of pyridine rings is 1. The molecule has 0 amide bonds. The molecule has 0 fully saturated rings. The van der Waals surface area contributed by atoms with Crippen molar-refractivity contribution in [1.29, 1.82) is 0 Å². The van der Waals surface area contributed by atoms with Gasteiger partial charge in [0, 0.05) is 12.1 Å². The van der Waals surface area contributed by atoms with Crippen molar-refractivity contribution in [3.63, 3.8) is 0 Å². The van der Waals surface area contributed by atoms with E-state index in [0.717, 1.165) is 0 Å². The first-order valence-electron chi connectivity index (χ1n) is 4.37. The number of aromatic nitrogens is 1. The van der Waals surface area contributed by atoms with Crippen molar-refractivity contribution in [2.45, 2.75) is 0 Å². The number of halogens is 1. The molecular formula is C11H9BrNO2+. The summed E-state index contributed by atoms with van der Waals surface area (Å²) in [6.07, 6.45) is 3.58. The highest BCUT2D eigenvalue weighted by Gasteiger charge is 2.18. The van der Waals surface area contributed by atoms with Crippen LogP contribution < -0.4 is 4.57 Å². The predicted molar refractivity (Wildman–Crippen MR) is 59.0 cm³/mol. The lowest BCUT2D eigenvalue weighted by Gasteiger charge is -2.02. The van der Waals surface area contributed by atoms with Crippen LogP contribution in [0.4, 0.5) is 0 Å². The number of nitrogens with zero attached hydrogens (tertiary/aromatic N) is 1. The zero-order valence-corrected chi connectivity index (χ0v) is 9.35. The topological polar surface area (TPSA) is 44.3 Å². The van der Waals surface area contributed by atoms with Crippen molar-refractivity contribution in [2.75, 3.05) is 0 Å². The largest absolute Gasteiger partial charge is 0.507 e. The van der Waals surface area contributed by atoms with Crippen LogP contribution in [0.3, 0.4) is 0 Å². The van der Waals surface area contributed by atoms with Gasteiger partial charge in [0.1, 0.15) is 10.2 Å². The van der Waals surface area contributed by atoms with Gasteiger partial charge in [0.15, 0.2) is 18.1 Å². The molecule has 4 heteroatoms. The number of hydrogen-bond donors (Lipinski definition) is 2. The average Bonchev–Trinajstić information content (AvgIpc) is 2.26. The Labute approximate surface area is 95.4 Å². The number of aromatic hydroxyl groups is 2. The Kier molecular flexibility index (Phi) is 2.60. The third-order valence-electron chi connectivity index (χ3n) is 2.05. The summed E-state index contributed by atoms with van der Waals surface area (Å²) in [5.74, 6) is 0.204. The van der Waals surface area contributed by atoms with Crippen molar-refractivity contribution in [3.8, 4) is 17.2 Å². The van der Waals surface area contributed by atoms with Crippen LogP contribution in [0.1, 0.15) is 0 Å². The van der Waals surface area contributed by atoms with Crippen LogP contribution in [0, 0.1) is 0 Å². The molecule has 0 aliphatic carbocycles. The number of benzene rings is 1. The Morgan fingerprint density at radius 1 is 0.933 bits per heavy atom. The summed E-state index contributed by atoms with van der Waals surface area (Å²) in [5, 5.41) is 19.2. The molecule has 0 aliphatic rings. The average molecular weight is 267 g/mol. The molecule has 0 spiro atoms. The van der Waals surface area contributed by atoms with E-state index in [0.29, 0.717) is 10.2 Å². The summed E-state index contributed by atoms with van der Waals surface area (Å²) < 4.78 is 2.19. The molecule has 0 bridgehead atoms. The Balaban J connectivity index is 2.68. The van der Waals surface area contributed by atoms with Gasteiger partial charge in [-0.2, -0.15) is 4.57 Å². The molecule has 76 valence electrons. The van der Waals surface area contributed by atoms with E-state index in [1.807, 2.05) is 18.2 Å². The maximum Gasteiger partial charge on any atom is 0.270 e. The van der Waals surface area contributed by atoms with Gasteiger partial charge in [-0.1, -0.05) is 6.07 Å². The number of phenols is 2. The van der Waals surface area contributed by atoms with Crippen LogP contribution >= 0.6 is 15.9 Å². The minimum Gasteiger partial charge on any atom is -0.507 e. The van der Waals surface area contributed by atoms with E-state index in [2.05, 4.69) is 15.9 Å². The Hall–Kier alpha value is -1.55. The molecule has 0 unspecified atom stereocenters. The first kappa shape index (κ1) is 9.98. The Bertz CT molecular complexity index is 485. The van der Waals surface area contributed by atoms with Crippen LogP contribution in [0.25, 0.3) is 5.69 Å². The minimum absolute atomic E-state index is 0.0964. The standard InChI is InChI=1S/C11H8BrNO2/c12-10-8(14)4-5-9(15)11(10)13-6-2-1-3-7-13/h1-7H,(H-,14,15)/p+1. The Morgan fingerprint density at radius 3 is 2.20 bits per heavy atom. The normalized spacial score (nSPS) is 10.2. The predicted octanol–water partition coefficient (Wildman–Crippen LogP) is 2.14. The molecule has 1 aromatic carbocycles. The molecular weight excluding hydrogens is 258 g/mol. The van der Waals surface area contributed by atoms with E-state index < -0.39 is 0 Å². The molecule has 0 saturated heterocycles. The zero-order chi connectivity index (χ0) is 10.8. The molecule has 3 nitrogen and oxygen atoms in total. The van der Waals surface area contributed by atoms with E-state index in [-0.39, 0.29) is 11.5 Å². The maximum absolute atomic E-state index is 9.71. The summed E-state index contributed by atoms with van der Waals surface area (Å²) in [6, 6.07) is 8.46. The second kappa shape index (κ2) is 3.90. The quantitative estimate of drug-likeness (QED) is 0.614. The van der Waals surface area contributed by atoms with Gasteiger partial charge in [0.25, 0.3) is 5.69 Å². The van der Waals surface area contributed by atoms with Crippen LogP contribution in [0.15, 0.2) is 47.2 Å². The van der Waals surface area contributed by atoms with Crippen LogP contribution in [0.2, 0.25) is 0 Å². The SMILES string of the molecule is Oc1ccc(O)c(-[n+]2ccccc2)c1Br. The summed E-state index contributed by atoms with van der Waals surface area (Å²) in [6.45, 7) is 0. The first-order valence-corrected chi connectivity index (χ1v) is 5.16. The number of rotatable bonds is 1. The molecule has 0 radical (unpaired) electrons. The smallest absolute Gasteiger partial charge is 0.270 e. The van der Waals surface area contributed by atoms with Crippen molar-refractivity contribution in [1.82, 2.24) is 0 Å².